The lowest BCUT2D eigenvalue weighted by Gasteiger charge is -2.22. The van der Waals surface area contributed by atoms with E-state index in [9.17, 15) is 22.4 Å². The fourth-order valence-corrected chi connectivity index (χ4v) is 1.33. The predicted molar refractivity (Wildman–Crippen MR) is 56.7 cm³/mol. The molecule has 1 rings (SSSR count). The molecule has 0 unspecified atom stereocenters. The highest BCUT2D eigenvalue weighted by Crippen LogP contribution is 2.26. The van der Waals surface area contributed by atoms with Gasteiger partial charge in [0, 0.05) is 12.1 Å². The lowest BCUT2D eigenvalue weighted by molar-refractivity contribution is -0.148. The predicted octanol–water partition coefficient (Wildman–Crippen LogP) is 3.03. The zero-order valence-corrected chi connectivity index (χ0v) is 9.17. The summed E-state index contributed by atoms with van der Waals surface area (Å²) in [5, 5.41) is 10.5. The number of carboxylic acid groups (broad SMARTS) is 1. The molecule has 2 N–H and O–H groups in total. The molecule has 0 saturated heterocycles. The Morgan fingerprint density at radius 3 is 2.28 bits per heavy atom. The molecule has 0 aliphatic heterocycles. The lowest BCUT2D eigenvalue weighted by atomic mass is 10.1. The van der Waals surface area contributed by atoms with E-state index in [4.69, 9.17) is 5.11 Å². The second-order valence-corrected chi connectivity index (χ2v) is 3.68. The molecule has 100 valence electrons. The second kappa shape index (κ2) is 5.70. The highest BCUT2D eigenvalue weighted by molar-refractivity contribution is 5.66. The van der Waals surface area contributed by atoms with Gasteiger partial charge in [-0.1, -0.05) is 0 Å². The Morgan fingerprint density at radius 2 is 1.83 bits per heavy atom. The van der Waals surface area contributed by atoms with Crippen LogP contribution in [0.2, 0.25) is 0 Å². The van der Waals surface area contributed by atoms with E-state index in [1.54, 1.807) is 0 Å². The molecule has 0 heterocycles. The third kappa shape index (κ3) is 4.60. The van der Waals surface area contributed by atoms with Crippen LogP contribution in [0, 0.1) is 5.82 Å². The largest absolute Gasteiger partial charge is 0.481 e. The molecular weight excluding hydrogens is 254 g/mol. The van der Waals surface area contributed by atoms with Crippen molar-refractivity contribution in [3.63, 3.8) is 0 Å². The minimum atomic E-state index is -4.57. The maximum atomic E-state index is 12.6. The van der Waals surface area contributed by atoms with Crippen LogP contribution in [-0.4, -0.2) is 23.3 Å². The van der Waals surface area contributed by atoms with Crippen molar-refractivity contribution in [2.75, 3.05) is 5.32 Å². The smallest absolute Gasteiger partial charge is 0.408 e. The fourth-order valence-electron chi connectivity index (χ4n) is 1.33. The number of anilines is 1. The molecule has 1 aromatic rings. The van der Waals surface area contributed by atoms with E-state index < -0.39 is 36.8 Å². The summed E-state index contributed by atoms with van der Waals surface area (Å²) >= 11 is 0. The molecule has 3 nitrogen and oxygen atoms in total. The zero-order valence-electron chi connectivity index (χ0n) is 9.17. The molecule has 0 amide bonds. The van der Waals surface area contributed by atoms with E-state index in [1.807, 2.05) is 0 Å². The van der Waals surface area contributed by atoms with Crippen LogP contribution in [0.4, 0.5) is 23.2 Å². The number of carbonyl (C=O) groups is 1. The number of nitrogens with one attached hydrogen (secondary N) is 1. The molecule has 0 aliphatic rings. The van der Waals surface area contributed by atoms with Gasteiger partial charge in [-0.15, -0.1) is 0 Å². The van der Waals surface area contributed by atoms with Gasteiger partial charge in [-0.2, -0.15) is 13.2 Å². The number of benzene rings is 1. The Labute approximate surface area is 100 Å². The van der Waals surface area contributed by atoms with Gasteiger partial charge in [-0.3, -0.25) is 4.79 Å². The average molecular weight is 265 g/mol. The molecule has 1 aromatic carbocycles. The Morgan fingerprint density at radius 1 is 1.28 bits per heavy atom. The van der Waals surface area contributed by atoms with Crippen molar-refractivity contribution in [2.24, 2.45) is 0 Å². The van der Waals surface area contributed by atoms with Crippen LogP contribution in [0.3, 0.4) is 0 Å². The Kier molecular flexibility index (Phi) is 4.52. The summed E-state index contributed by atoms with van der Waals surface area (Å²) < 4.78 is 50.4. The monoisotopic (exact) mass is 265 g/mol. The Balaban J connectivity index is 2.72. The van der Waals surface area contributed by atoms with Gasteiger partial charge in [0.1, 0.15) is 11.9 Å². The first-order chi connectivity index (χ1) is 8.29. The summed E-state index contributed by atoms with van der Waals surface area (Å²) in [4.78, 5) is 10.3. The van der Waals surface area contributed by atoms with Crippen LogP contribution in [0.25, 0.3) is 0 Å². The number of hydrogen-bond donors (Lipinski definition) is 2. The number of halogens is 4. The van der Waals surface area contributed by atoms with Crippen molar-refractivity contribution in [3.8, 4) is 0 Å². The highest BCUT2D eigenvalue weighted by atomic mass is 19.4. The van der Waals surface area contributed by atoms with Gasteiger partial charge >= 0.3 is 12.1 Å². The first-order valence-electron chi connectivity index (χ1n) is 5.09. The molecule has 0 aromatic heterocycles. The molecular formula is C11H11F4NO2. The molecule has 18 heavy (non-hydrogen) atoms. The van der Waals surface area contributed by atoms with E-state index in [0.717, 1.165) is 24.3 Å². The minimum Gasteiger partial charge on any atom is -0.481 e. The van der Waals surface area contributed by atoms with Gasteiger partial charge in [-0.25, -0.2) is 4.39 Å². The Bertz CT molecular complexity index is 402. The van der Waals surface area contributed by atoms with Crippen LogP contribution in [0.5, 0.6) is 0 Å². The summed E-state index contributed by atoms with van der Waals surface area (Å²) in [6.45, 7) is 0. The van der Waals surface area contributed by atoms with Crippen LogP contribution >= 0.6 is 0 Å². The van der Waals surface area contributed by atoms with Gasteiger partial charge in [0.2, 0.25) is 0 Å². The van der Waals surface area contributed by atoms with Gasteiger partial charge in [0.25, 0.3) is 0 Å². The summed E-state index contributed by atoms with van der Waals surface area (Å²) in [6.07, 6.45) is -5.75. The van der Waals surface area contributed by atoms with Crippen LogP contribution < -0.4 is 5.32 Å². The van der Waals surface area contributed by atoms with Gasteiger partial charge in [0.05, 0.1) is 0 Å². The van der Waals surface area contributed by atoms with E-state index in [1.165, 1.54) is 0 Å². The first-order valence-corrected chi connectivity index (χ1v) is 5.09. The van der Waals surface area contributed by atoms with Crippen molar-refractivity contribution < 1.29 is 27.5 Å². The fraction of sp³-hybridized carbons (Fsp3) is 0.364. The molecule has 0 spiro atoms. The molecule has 7 heteroatoms. The maximum absolute atomic E-state index is 12.6. The number of alkyl halides is 3. The van der Waals surface area contributed by atoms with Gasteiger partial charge in [0.15, 0.2) is 0 Å². The lowest BCUT2D eigenvalue weighted by Crippen LogP contribution is -2.36. The van der Waals surface area contributed by atoms with Crippen molar-refractivity contribution in [2.45, 2.75) is 25.1 Å². The SMILES string of the molecule is O=C(O)CC[C@@H](Nc1ccc(F)cc1)C(F)(F)F. The van der Waals surface area contributed by atoms with Gasteiger partial charge in [-0.05, 0) is 30.7 Å². The van der Waals surface area contributed by atoms with E-state index >= 15 is 0 Å². The van der Waals surface area contributed by atoms with Crippen molar-refractivity contribution in [1.82, 2.24) is 0 Å². The van der Waals surface area contributed by atoms with Crippen molar-refractivity contribution in [3.05, 3.63) is 30.1 Å². The third-order valence-corrected chi connectivity index (χ3v) is 2.23. The van der Waals surface area contributed by atoms with Crippen molar-refractivity contribution >= 4 is 11.7 Å². The standard InChI is InChI=1S/C11H11F4NO2/c12-7-1-3-8(4-2-7)16-9(11(13,14)15)5-6-10(17)18/h1-4,9,16H,5-6H2,(H,17,18)/t9-/m1/s1. The summed E-state index contributed by atoms with van der Waals surface area (Å²) in [5.41, 5.74) is 0.0871. The number of carboxylic acids is 1. The van der Waals surface area contributed by atoms with E-state index in [2.05, 4.69) is 5.32 Å². The molecule has 0 saturated carbocycles. The number of rotatable bonds is 5. The average Bonchev–Trinajstić information content (AvgIpc) is 2.24. The summed E-state index contributed by atoms with van der Waals surface area (Å²) in [5.74, 6) is -1.86. The maximum Gasteiger partial charge on any atom is 0.408 e. The summed E-state index contributed by atoms with van der Waals surface area (Å²) in [7, 11) is 0. The number of aliphatic carboxylic acids is 1. The normalized spacial score (nSPS) is 13.1. The molecule has 0 fully saturated rings. The van der Waals surface area contributed by atoms with Gasteiger partial charge < -0.3 is 10.4 Å². The van der Waals surface area contributed by atoms with Crippen LogP contribution in [-0.2, 0) is 4.79 Å². The molecule has 0 aliphatic carbocycles. The van der Waals surface area contributed by atoms with Crippen molar-refractivity contribution in [1.29, 1.82) is 0 Å². The molecule has 0 bridgehead atoms. The topological polar surface area (TPSA) is 49.3 Å². The quantitative estimate of drug-likeness (QED) is 0.804. The Hall–Kier alpha value is -1.79. The van der Waals surface area contributed by atoms with Crippen LogP contribution in [0.1, 0.15) is 12.8 Å². The van der Waals surface area contributed by atoms with E-state index in [0.29, 0.717) is 0 Å². The van der Waals surface area contributed by atoms with Crippen LogP contribution in [0.15, 0.2) is 24.3 Å². The second-order valence-electron chi connectivity index (χ2n) is 3.68. The molecule has 0 radical (unpaired) electrons. The van der Waals surface area contributed by atoms with E-state index in [-0.39, 0.29) is 5.69 Å². The zero-order chi connectivity index (χ0) is 13.8. The number of hydrogen-bond acceptors (Lipinski definition) is 2. The highest BCUT2D eigenvalue weighted by Gasteiger charge is 2.39. The first kappa shape index (κ1) is 14.3. The summed E-state index contributed by atoms with van der Waals surface area (Å²) in [6, 6.07) is 2.39. The molecule has 1 atom stereocenters. The minimum absolute atomic E-state index is 0.0871. The third-order valence-electron chi connectivity index (χ3n) is 2.23.